The van der Waals surface area contributed by atoms with Crippen molar-refractivity contribution in [3.63, 3.8) is 0 Å². The SMILES string of the molecule is N#Cc1cccc(C#N)c1-c1cc(-n2c3ccccc3c3ccccc32)cc2c3ccc4c(c5ccccc5n4-c4ccccc4)c3n(-c3ccccc3)c12. The van der Waals surface area contributed by atoms with E-state index in [9.17, 15) is 10.5 Å². The largest absolute Gasteiger partial charge is 0.309 e. The van der Waals surface area contributed by atoms with Crippen molar-refractivity contribution in [2.75, 3.05) is 0 Å². The van der Waals surface area contributed by atoms with Gasteiger partial charge in [0.2, 0.25) is 0 Å². The van der Waals surface area contributed by atoms with Crippen LogP contribution in [0.2, 0.25) is 0 Å². The third kappa shape index (κ3) is 4.33. The van der Waals surface area contributed by atoms with Crippen molar-refractivity contribution < 1.29 is 0 Å². The lowest BCUT2D eigenvalue weighted by molar-refractivity contribution is 1.17. The van der Waals surface area contributed by atoms with Gasteiger partial charge in [0.1, 0.15) is 0 Å². The summed E-state index contributed by atoms with van der Waals surface area (Å²) >= 11 is 0. The quantitative estimate of drug-likeness (QED) is 0.184. The van der Waals surface area contributed by atoms with Crippen LogP contribution >= 0.6 is 0 Å². The smallest absolute Gasteiger partial charge is 0.0998 e. The van der Waals surface area contributed by atoms with E-state index in [0.29, 0.717) is 16.7 Å². The minimum absolute atomic E-state index is 0.454. The normalized spacial score (nSPS) is 11.6. The van der Waals surface area contributed by atoms with E-state index in [-0.39, 0.29) is 0 Å². The van der Waals surface area contributed by atoms with Crippen LogP contribution in [0.15, 0.2) is 176 Å². The van der Waals surface area contributed by atoms with Crippen molar-refractivity contribution in [3.05, 3.63) is 187 Å². The number of fused-ring (bicyclic) bond motifs is 10. The van der Waals surface area contributed by atoms with Gasteiger partial charge in [-0.3, -0.25) is 0 Å². The zero-order valence-electron chi connectivity index (χ0n) is 29.5. The lowest BCUT2D eigenvalue weighted by Gasteiger charge is -2.17. The van der Waals surface area contributed by atoms with Gasteiger partial charge in [0.25, 0.3) is 0 Å². The zero-order valence-corrected chi connectivity index (χ0v) is 29.5. The van der Waals surface area contributed by atoms with Crippen LogP contribution in [0.4, 0.5) is 0 Å². The summed E-state index contributed by atoms with van der Waals surface area (Å²) in [5.41, 5.74) is 11.8. The van der Waals surface area contributed by atoms with Crippen LogP contribution in [0, 0.1) is 22.7 Å². The molecule has 0 aliphatic carbocycles. The standard InChI is InChI=1S/C50H29N5/c51-30-32-14-13-15-33(31-52)47(32)42-29-36(54-43-23-10-7-20-37(43)38-21-8-11-24-44(38)54)28-41-39-26-27-46-48(50(39)55(49(41)42)35-18-5-2-6-19-35)40-22-9-12-25-45(40)53(46)34-16-3-1-4-17-34/h1-29H. The van der Waals surface area contributed by atoms with E-state index in [1.165, 1.54) is 0 Å². The Morgan fingerprint density at radius 2 is 0.855 bits per heavy atom. The fraction of sp³-hybridized carbons (Fsp3) is 0. The van der Waals surface area contributed by atoms with Crippen molar-refractivity contribution in [2.45, 2.75) is 0 Å². The van der Waals surface area contributed by atoms with Gasteiger partial charge in [0.05, 0.1) is 56.4 Å². The third-order valence-corrected chi connectivity index (χ3v) is 11.1. The zero-order chi connectivity index (χ0) is 36.6. The highest BCUT2D eigenvalue weighted by molar-refractivity contribution is 6.28. The van der Waals surface area contributed by atoms with Gasteiger partial charge in [-0.1, -0.05) is 103 Å². The summed E-state index contributed by atoms with van der Waals surface area (Å²) < 4.78 is 7.02. The first-order valence-electron chi connectivity index (χ1n) is 18.3. The molecule has 11 aromatic rings. The number of rotatable bonds is 4. The first kappa shape index (κ1) is 30.7. The summed E-state index contributed by atoms with van der Waals surface area (Å²) in [6.45, 7) is 0. The third-order valence-electron chi connectivity index (χ3n) is 11.1. The molecule has 0 spiro atoms. The van der Waals surface area contributed by atoms with Gasteiger partial charge < -0.3 is 13.7 Å². The van der Waals surface area contributed by atoms with E-state index in [1.807, 2.05) is 24.3 Å². The van der Waals surface area contributed by atoms with Crippen molar-refractivity contribution in [1.29, 1.82) is 10.5 Å². The molecule has 0 unspecified atom stereocenters. The molecular weight excluding hydrogens is 671 g/mol. The second kappa shape index (κ2) is 11.8. The molecule has 55 heavy (non-hydrogen) atoms. The Morgan fingerprint density at radius 3 is 1.45 bits per heavy atom. The summed E-state index contributed by atoms with van der Waals surface area (Å²) in [6, 6.07) is 65.9. The Hall–Kier alpha value is -7.86. The van der Waals surface area contributed by atoms with E-state index in [1.54, 1.807) is 6.07 Å². The highest BCUT2D eigenvalue weighted by Crippen LogP contribution is 2.47. The highest BCUT2D eigenvalue weighted by atomic mass is 15.0. The van der Waals surface area contributed by atoms with Crippen LogP contribution in [-0.4, -0.2) is 13.7 Å². The van der Waals surface area contributed by atoms with Gasteiger partial charge in [-0.25, -0.2) is 0 Å². The van der Waals surface area contributed by atoms with Crippen LogP contribution < -0.4 is 0 Å². The maximum absolute atomic E-state index is 10.6. The Labute approximate surface area is 316 Å². The Kier molecular flexibility index (Phi) is 6.61. The summed E-state index contributed by atoms with van der Waals surface area (Å²) in [7, 11) is 0. The Bertz CT molecular complexity index is 3350. The molecule has 3 aromatic heterocycles. The van der Waals surface area contributed by atoms with Gasteiger partial charge in [-0.2, -0.15) is 10.5 Å². The van der Waals surface area contributed by atoms with Crippen LogP contribution in [-0.2, 0) is 0 Å². The van der Waals surface area contributed by atoms with Gasteiger partial charge >= 0.3 is 0 Å². The van der Waals surface area contributed by atoms with E-state index in [0.717, 1.165) is 88.0 Å². The fourth-order valence-corrected chi connectivity index (χ4v) is 8.91. The van der Waals surface area contributed by atoms with Crippen LogP contribution in [0.1, 0.15) is 11.1 Å². The minimum atomic E-state index is 0.454. The molecule has 0 saturated carbocycles. The summed E-state index contributed by atoms with van der Waals surface area (Å²) in [5.74, 6) is 0. The number of para-hydroxylation sites is 5. The molecule has 0 aliphatic rings. The monoisotopic (exact) mass is 699 g/mol. The predicted molar refractivity (Wildman–Crippen MR) is 224 cm³/mol. The molecular formula is C50H29N5. The Morgan fingerprint density at radius 1 is 0.345 bits per heavy atom. The van der Waals surface area contributed by atoms with Gasteiger partial charge in [-0.05, 0) is 72.8 Å². The second-order valence-electron chi connectivity index (χ2n) is 13.9. The summed E-state index contributed by atoms with van der Waals surface area (Å²) in [5, 5.41) is 28.0. The van der Waals surface area contributed by atoms with Crippen molar-refractivity contribution >= 4 is 65.4 Å². The molecule has 0 aliphatic heterocycles. The molecule has 5 heteroatoms. The number of nitriles is 2. The topological polar surface area (TPSA) is 62.4 Å². The molecule has 11 rings (SSSR count). The lowest BCUT2D eigenvalue weighted by Crippen LogP contribution is -2.00. The molecule has 8 aromatic carbocycles. The number of hydrogen-bond acceptors (Lipinski definition) is 2. The Balaban J connectivity index is 1.41. The summed E-state index contributed by atoms with van der Waals surface area (Å²) in [4.78, 5) is 0. The molecule has 0 fully saturated rings. The number of nitrogens with zero attached hydrogens (tertiary/aromatic N) is 5. The van der Waals surface area contributed by atoms with Crippen LogP contribution in [0.25, 0.3) is 93.6 Å². The van der Waals surface area contributed by atoms with E-state index in [4.69, 9.17) is 0 Å². The second-order valence-corrected chi connectivity index (χ2v) is 13.9. The van der Waals surface area contributed by atoms with Crippen molar-refractivity contribution in [2.24, 2.45) is 0 Å². The fourth-order valence-electron chi connectivity index (χ4n) is 8.91. The van der Waals surface area contributed by atoms with Crippen molar-refractivity contribution in [3.8, 4) is 40.3 Å². The van der Waals surface area contributed by atoms with Crippen molar-refractivity contribution in [1.82, 2.24) is 13.7 Å². The van der Waals surface area contributed by atoms with Gasteiger partial charge in [-0.15, -0.1) is 0 Å². The molecule has 254 valence electrons. The molecule has 0 N–H and O–H groups in total. The van der Waals surface area contributed by atoms with Crippen LogP contribution in [0.3, 0.4) is 0 Å². The molecule has 0 radical (unpaired) electrons. The van der Waals surface area contributed by atoms with Crippen LogP contribution in [0.5, 0.6) is 0 Å². The number of hydrogen-bond donors (Lipinski definition) is 0. The molecule has 0 atom stereocenters. The first-order valence-corrected chi connectivity index (χ1v) is 18.3. The summed E-state index contributed by atoms with van der Waals surface area (Å²) in [6.07, 6.45) is 0. The molecule has 0 saturated heterocycles. The molecule has 0 amide bonds. The molecule has 3 heterocycles. The van der Waals surface area contributed by atoms with Gasteiger partial charge in [0.15, 0.2) is 0 Å². The first-order chi connectivity index (χ1) is 27.2. The van der Waals surface area contributed by atoms with Gasteiger partial charge in [0, 0.05) is 60.5 Å². The average Bonchev–Trinajstić information content (AvgIpc) is 3.89. The highest BCUT2D eigenvalue weighted by Gasteiger charge is 2.26. The van der Waals surface area contributed by atoms with E-state index >= 15 is 0 Å². The van der Waals surface area contributed by atoms with E-state index in [2.05, 4.69) is 171 Å². The maximum Gasteiger partial charge on any atom is 0.0998 e. The maximum atomic E-state index is 10.6. The molecule has 0 bridgehead atoms. The predicted octanol–water partition coefficient (Wildman–Crippen LogP) is 12.4. The number of aromatic nitrogens is 3. The average molecular weight is 700 g/mol. The lowest BCUT2D eigenvalue weighted by atomic mass is 9.93. The minimum Gasteiger partial charge on any atom is -0.309 e. The van der Waals surface area contributed by atoms with E-state index < -0.39 is 0 Å². The molecule has 5 nitrogen and oxygen atoms in total. The number of benzene rings is 8.